The lowest BCUT2D eigenvalue weighted by molar-refractivity contribution is 0.103. The van der Waals surface area contributed by atoms with Crippen molar-refractivity contribution in [3.63, 3.8) is 0 Å². The summed E-state index contributed by atoms with van der Waals surface area (Å²) in [5.41, 5.74) is 0.431. The summed E-state index contributed by atoms with van der Waals surface area (Å²) in [5.74, 6) is -0.277. The second kappa shape index (κ2) is 7.70. The van der Waals surface area contributed by atoms with E-state index in [9.17, 15) is 13.2 Å². The van der Waals surface area contributed by atoms with Gasteiger partial charge < -0.3 is 0 Å². The molecule has 0 saturated carbocycles. The van der Waals surface area contributed by atoms with Crippen LogP contribution in [0, 0.1) is 5.41 Å². The van der Waals surface area contributed by atoms with Gasteiger partial charge in [0.2, 0.25) is 0 Å². The van der Waals surface area contributed by atoms with Crippen molar-refractivity contribution in [2.45, 2.75) is 25.7 Å². The molecule has 7 heteroatoms. The van der Waals surface area contributed by atoms with Crippen molar-refractivity contribution in [3.8, 4) is 0 Å². The van der Waals surface area contributed by atoms with Gasteiger partial charge in [0, 0.05) is 20.1 Å². The van der Waals surface area contributed by atoms with Gasteiger partial charge in [-0.25, -0.2) is 0 Å². The van der Waals surface area contributed by atoms with Gasteiger partial charge in [0.25, 0.3) is 10.1 Å². The molecule has 25 heavy (non-hydrogen) atoms. The summed E-state index contributed by atoms with van der Waals surface area (Å²) in [5, 5.41) is 0. The minimum absolute atomic E-state index is 0.0336. The maximum absolute atomic E-state index is 12.7. The van der Waals surface area contributed by atoms with Crippen molar-refractivity contribution in [1.82, 2.24) is 0 Å². The predicted octanol–water partition coefficient (Wildman–Crippen LogP) is 5.19. The third-order valence-electron chi connectivity index (χ3n) is 3.21. The number of carbonyl (C=O) groups excluding carboxylic acids is 1. The lowest BCUT2D eigenvalue weighted by atomic mass is 9.99. The average Bonchev–Trinajstić information content (AvgIpc) is 2.54. The molecule has 0 fully saturated rings. The Balaban J connectivity index is 2.35. The molecule has 0 heterocycles. The van der Waals surface area contributed by atoms with E-state index in [2.05, 4.69) is 31.9 Å². The van der Waals surface area contributed by atoms with Crippen LogP contribution in [-0.4, -0.2) is 20.8 Å². The van der Waals surface area contributed by atoms with E-state index < -0.39 is 10.1 Å². The zero-order chi connectivity index (χ0) is 18.8. The Labute approximate surface area is 165 Å². The smallest absolute Gasteiger partial charge is 0.289 e. The van der Waals surface area contributed by atoms with Gasteiger partial charge >= 0.3 is 0 Å². The first kappa shape index (κ1) is 20.3. The molecule has 0 bridgehead atoms. The Kier molecular flexibility index (Phi) is 6.25. The first-order chi connectivity index (χ1) is 11.5. The van der Waals surface area contributed by atoms with Crippen LogP contribution in [0.15, 0.2) is 56.3 Å². The Morgan fingerprint density at radius 3 is 2.40 bits per heavy atom. The van der Waals surface area contributed by atoms with Gasteiger partial charge in [-0.05, 0) is 35.7 Å². The quantitative estimate of drug-likeness (QED) is 0.428. The van der Waals surface area contributed by atoms with Crippen LogP contribution in [0.1, 0.15) is 36.7 Å². The SMILES string of the molecule is CC(C)(C)COS(=O)(=O)c1cccc(C(=O)c2cc(Br)ccc2Br)c1. The standard InChI is InChI=1S/C18H18Br2O4S/c1-18(2,3)11-24-25(22,23)14-6-4-5-12(9-14)17(21)15-10-13(19)7-8-16(15)20/h4-10H,11H2,1-3H3. The summed E-state index contributed by atoms with van der Waals surface area (Å²) in [7, 11) is -3.92. The molecule has 2 aromatic carbocycles. The van der Waals surface area contributed by atoms with Crippen molar-refractivity contribution in [1.29, 1.82) is 0 Å². The predicted molar refractivity (Wildman–Crippen MR) is 104 cm³/mol. The first-order valence-electron chi connectivity index (χ1n) is 7.49. The molecule has 0 atom stereocenters. The summed E-state index contributed by atoms with van der Waals surface area (Å²) in [4.78, 5) is 12.7. The number of benzene rings is 2. The van der Waals surface area contributed by atoms with Crippen LogP contribution in [0.4, 0.5) is 0 Å². The molecular weight excluding hydrogens is 472 g/mol. The Morgan fingerprint density at radius 2 is 1.76 bits per heavy atom. The lowest BCUT2D eigenvalue weighted by Gasteiger charge is -2.17. The van der Waals surface area contributed by atoms with Crippen LogP contribution in [0.25, 0.3) is 0 Å². The Bertz CT molecular complexity index is 900. The minimum Gasteiger partial charge on any atom is -0.289 e. The van der Waals surface area contributed by atoms with Crippen LogP contribution in [0.2, 0.25) is 0 Å². The molecule has 0 aliphatic heterocycles. The van der Waals surface area contributed by atoms with Crippen molar-refractivity contribution < 1.29 is 17.4 Å². The van der Waals surface area contributed by atoms with Crippen molar-refractivity contribution >= 4 is 47.8 Å². The summed E-state index contributed by atoms with van der Waals surface area (Å²) in [6.07, 6.45) is 0. The van der Waals surface area contributed by atoms with E-state index >= 15 is 0 Å². The molecule has 0 aliphatic carbocycles. The summed E-state index contributed by atoms with van der Waals surface area (Å²) >= 11 is 6.68. The maximum atomic E-state index is 12.7. The molecule has 0 radical (unpaired) electrons. The minimum atomic E-state index is -3.92. The van der Waals surface area contributed by atoms with E-state index in [1.807, 2.05) is 26.8 Å². The molecule has 0 aliphatic rings. The number of halogens is 2. The normalized spacial score (nSPS) is 12.2. The molecule has 0 unspecified atom stereocenters. The van der Waals surface area contributed by atoms with Crippen LogP contribution < -0.4 is 0 Å². The molecule has 0 N–H and O–H groups in total. The fourth-order valence-corrected chi connectivity index (χ4v) is 3.89. The fourth-order valence-electron chi connectivity index (χ4n) is 1.94. The van der Waals surface area contributed by atoms with E-state index in [1.165, 1.54) is 18.2 Å². The number of hydrogen-bond donors (Lipinski definition) is 0. The van der Waals surface area contributed by atoms with Crippen LogP contribution in [-0.2, 0) is 14.3 Å². The highest BCUT2D eigenvalue weighted by atomic mass is 79.9. The maximum Gasteiger partial charge on any atom is 0.297 e. The highest BCUT2D eigenvalue weighted by molar-refractivity contribution is 9.11. The first-order valence-corrected chi connectivity index (χ1v) is 10.5. The number of hydrogen-bond acceptors (Lipinski definition) is 4. The molecule has 0 saturated heterocycles. The van der Waals surface area contributed by atoms with Gasteiger partial charge in [0.05, 0.1) is 11.5 Å². The Hall–Kier alpha value is -1.02. The zero-order valence-corrected chi connectivity index (χ0v) is 18.0. The van der Waals surface area contributed by atoms with Gasteiger partial charge in [0.1, 0.15) is 0 Å². The van der Waals surface area contributed by atoms with Gasteiger partial charge in [-0.1, -0.05) is 64.8 Å². The number of carbonyl (C=O) groups is 1. The fraction of sp³-hybridized carbons (Fsp3) is 0.278. The monoisotopic (exact) mass is 488 g/mol. The van der Waals surface area contributed by atoms with Gasteiger partial charge in [-0.15, -0.1) is 0 Å². The second-order valence-electron chi connectivity index (χ2n) is 6.76. The van der Waals surface area contributed by atoms with Crippen LogP contribution >= 0.6 is 31.9 Å². The Morgan fingerprint density at radius 1 is 1.08 bits per heavy atom. The van der Waals surface area contributed by atoms with E-state index in [-0.39, 0.29) is 28.3 Å². The summed E-state index contributed by atoms with van der Waals surface area (Å²) in [6, 6.07) is 11.1. The topological polar surface area (TPSA) is 60.4 Å². The highest BCUT2D eigenvalue weighted by Crippen LogP contribution is 2.26. The molecule has 0 amide bonds. The molecular formula is C18H18Br2O4S. The van der Waals surface area contributed by atoms with Gasteiger partial charge in [0.15, 0.2) is 5.78 Å². The molecule has 4 nitrogen and oxygen atoms in total. The second-order valence-corrected chi connectivity index (χ2v) is 10.1. The molecule has 134 valence electrons. The zero-order valence-electron chi connectivity index (χ0n) is 14.0. The van der Waals surface area contributed by atoms with Gasteiger partial charge in [-0.3, -0.25) is 8.98 Å². The molecule has 2 rings (SSSR count). The molecule has 0 spiro atoms. The third kappa shape index (κ3) is 5.48. The summed E-state index contributed by atoms with van der Waals surface area (Å²) < 4.78 is 31.2. The van der Waals surface area contributed by atoms with Crippen molar-refractivity contribution in [2.24, 2.45) is 5.41 Å². The molecule has 0 aromatic heterocycles. The largest absolute Gasteiger partial charge is 0.297 e. The van der Waals surface area contributed by atoms with Crippen LogP contribution in [0.3, 0.4) is 0 Å². The third-order valence-corrected chi connectivity index (χ3v) is 5.65. The number of ketones is 1. The van der Waals surface area contributed by atoms with Crippen molar-refractivity contribution in [2.75, 3.05) is 6.61 Å². The van der Waals surface area contributed by atoms with E-state index in [4.69, 9.17) is 4.18 Å². The molecule has 2 aromatic rings. The van der Waals surface area contributed by atoms with E-state index in [0.717, 1.165) is 4.47 Å². The van der Waals surface area contributed by atoms with Crippen LogP contribution in [0.5, 0.6) is 0 Å². The van der Waals surface area contributed by atoms with E-state index in [1.54, 1.807) is 18.2 Å². The number of rotatable bonds is 5. The van der Waals surface area contributed by atoms with Crippen molar-refractivity contribution in [3.05, 3.63) is 62.5 Å². The highest BCUT2D eigenvalue weighted by Gasteiger charge is 2.22. The lowest BCUT2D eigenvalue weighted by Crippen LogP contribution is -2.19. The summed E-state index contributed by atoms with van der Waals surface area (Å²) in [6.45, 7) is 5.71. The van der Waals surface area contributed by atoms with E-state index in [0.29, 0.717) is 10.0 Å². The van der Waals surface area contributed by atoms with Gasteiger partial charge in [-0.2, -0.15) is 8.42 Å². The average molecular weight is 490 g/mol.